The van der Waals surface area contributed by atoms with Crippen LogP contribution >= 0.6 is 0 Å². The molecule has 7 heteroatoms. The summed E-state index contributed by atoms with van der Waals surface area (Å²) in [6, 6.07) is 15.9. The summed E-state index contributed by atoms with van der Waals surface area (Å²) in [6.45, 7) is 7.56. The van der Waals surface area contributed by atoms with Crippen LogP contribution in [0.4, 0.5) is 5.69 Å². The Labute approximate surface area is 183 Å². The van der Waals surface area contributed by atoms with Gasteiger partial charge in [0.05, 0.1) is 12.3 Å². The number of carbonyl (C=O) groups excluding carboxylic acids is 1. The van der Waals surface area contributed by atoms with Gasteiger partial charge in [0.2, 0.25) is 5.91 Å². The SMILES string of the molecule is CCCCC(=O)Nc1ccc(-n2nc(OCCOCC)nc2-c2ccccc2C)cc1. The number of benzene rings is 2. The van der Waals surface area contributed by atoms with Gasteiger partial charge in [-0.25, -0.2) is 4.68 Å². The maximum absolute atomic E-state index is 12.0. The summed E-state index contributed by atoms with van der Waals surface area (Å²) in [4.78, 5) is 16.6. The maximum Gasteiger partial charge on any atom is 0.336 e. The molecule has 164 valence electrons. The number of aromatic nitrogens is 3. The fraction of sp³-hybridized carbons (Fsp3) is 0.375. The van der Waals surface area contributed by atoms with Crippen molar-refractivity contribution in [1.29, 1.82) is 0 Å². The van der Waals surface area contributed by atoms with E-state index in [9.17, 15) is 4.79 Å². The summed E-state index contributed by atoms with van der Waals surface area (Å²) >= 11 is 0. The molecule has 0 fully saturated rings. The lowest BCUT2D eigenvalue weighted by Gasteiger charge is -2.09. The Morgan fingerprint density at radius 1 is 1.06 bits per heavy atom. The number of aryl methyl sites for hydroxylation is 1. The molecule has 1 heterocycles. The van der Waals surface area contributed by atoms with Crippen LogP contribution in [0.1, 0.15) is 38.7 Å². The number of rotatable bonds is 11. The molecule has 0 radical (unpaired) electrons. The normalized spacial score (nSPS) is 10.8. The van der Waals surface area contributed by atoms with Crippen molar-refractivity contribution in [2.45, 2.75) is 40.0 Å². The number of anilines is 1. The number of nitrogens with one attached hydrogen (secondary N) is 1. The Bertz CT molecular complexity index is 983. The van der Waals surface area contributed by atoms with Gasteiger partial charge in [-0.3, -0.25) is 4.79 Å². The molecule has 0 aliphatic carbocycles. The number of amides is 1. The predicted molar refractivity (Wildman–Crippen MR) is 122 cm³/mol. The van der Waals surface area contributed by atoms with Gasteiger partial charge in [-0.1, -0.05) is 37.6 Å². The minimum absolute atomic E-state index is 0.0286. The molecule has 0 saturated heterocycles. The van der Waals surface area contributed by atoms with Gasteiger partial charge in [-0.2, -0.15) is 4.98 Å². The topological polar surface area (TPSA) is 78.3 Å². The number of carbonyl (C=O) groups is 1. The van der Waals surface area contributed by atoms with Crippen LogP contribution < -0.4 is 10.1 Å². The van der Waals surface area contributed by atoms with Crippen LogP contribution in [-0.2, 0) is 9.53 Å². The van der Waals surface area contributed by atoms with Crippen LogP contribution in [0.5, 0.6) is 6.01 Å². The van der Waals surface area contributed by atoms with E-state index in [0.29, 0.717) is 38.1 Å². The highest BCUT2D eigenvalue weighted by molar-refractivity contribution is 5.90. The molecule has 1 aromatic heterocycles. The average Bonchev–Trinajstić information content (AvgIpc) is 3.20. The second-order valence-corrected chi connectivity index (χ2v) is 7.19. The molecule has 1 amide bonds. The molecule has 0 aliphatic rings. The van der Waals surface area contributed by atoms with Gasteiger partial charge in [0.15, 0.2) is 5.82 Å². The van der Waals surface area contributed by atoms with E-state index in [4.69, 9.17) is 9.47 Å². The van der Waals surface area contributed by atoms with E-state index in [-0.39, 0.29) is 5.91 Å². The number of ether oxygens (including phenoxy) is 2. The first kappa shape index (κ1) is 22.5. The highest BCUT2D eigenvalue weighted by Gasteiger charge is 2.16. The first-order valence-corrected chi connectivity index (χ1v) is 10.8. The Kier molecular flexibility index (Phi) is 8.18. The molecule has 3 aromatic rings. The summed E-state index contributed by atoms with van der Waals surface area (Å²) in [5, 5.41) is 7.50. The van der Waals surface area contributed by atoms with Crippen molar-refractivity contribution in [2.24, 2.45) is 0 Å². The van der Waals surface area contributed by atoms with Crippen LogP contribution in [0.15, 0.2) is 48.5 Å². The van der Waals surface area contributed by atoms with Crippen LogP contribution in [0.25, 0.3) is 17.1 Å². The van der Waals surface area contributed by atoms with Gasteiger partial charge < -0.3 is 14.8 Å². The highest BCUT2D eigenvalue weighted by Crippen LogP contribution is 2.26. The van der Waals surface area contributed by atoms with Crippen LogP contribution in [0, 0.1) is 6.92 Å². The third kappa shape index (κ3) is 6.15. The van der Waals surface area contributed by atoms with E-state index in [0.717, 1.165) is 35.3 Å². The summed E-state index contributed by atoms with van der Waals surface area (Å²) in [7, 11) is 0. The lowest BCUT2D eigenvalue weighted by molar-refractivity contribution is -0.116. The van der Waals surface area contributed by atoms with Crippen molar-refractivity contribution >= 4 is 11.6 Å². The van der Waals surface area contributed by atoms with E-state index >= 15 is 0 Å². The van der Waals surface area contributed by atoms with E-state index in [1.807, 2.05) is 62.4 Å². The Morgan fingerprint density at radius 2 is 1.84 bits per heavy atom. The Morgan fingerprint density at radius 3 is 2.55 bits per heavy atom. The standard InChI is InChI=1S/C24H30N4O3/c1-4-6-11-22(29)25-19-12-14-20(15-13-19)28-23(21-10-8-7-9-18(21)3)26-24(27-28)31-17-16-30-5-2/h7-10,12-15H,4-6,11,16-17H2,1-3H3,(H,25,29). The van der Waals surface area contributed by atoms with Crippen molar-refractivity contribution in [3.63, 3.8) is 0 Å². The summed E-state index contributed by atoms with van der Waals surface area (Å²) < 4.78 is 12.8. The van der Waals surface area contributed by atoms with E-state index in [2.05, 4.69) is 22.3 Å². The summed E-state index contributed by atoms with van der Waals surface area (Å²) in [5.41, 5.74) is 3.66. The van der Waals surface area contributed by atoms with Crippen molar-refractivity contribution in [1.82, 2.24) is 14.8 Å². The van der Waals surface area contributed by atoms with Crippen molar-refractivity contribution in [3.8, 4) is 23.1 Å². The number of nitrogens with zero attached hydrogens (tertiary/aromatic N) is 3. The Balaban J connectivity index is 1.85. The third-order valence-electron chi connectivity index (χ3n) is 4.79. The second kappa shape index (κ2) is 11.3. The first-order valence-electron chi connectivity index (χ1n) is 10.8. The second-order valence-electron chi connectivity index (χ2n) is 7.19. The highest BCUT2D eigenvalue weighted by atomic mass is 16.5. The fourth-order valence-corrected chi connectivity index (χ4v) is 3.12. The monoisotopic (exact) mass is 422 g/mol. The first-order chi connectivity index (χ1) is 15.1. The van der Waals surface area contributed by atoms with E-state index < -0.39 is 0 Å². The molecule has 31 heavy (non-hydrogen) atoms. The van der Waals surface area contributed by atoms with Gasteiger partial charge in [-0.05, 0) is 50.1 Å². The van der Waals surface area contributed by atoms with Crippen LogP contribution in [-0.4, -0.2) is 40.5 Å². The van der Waals surface area contributed by atoms with Crippen LogP contribution in [0.3, 0.4) is 0 Å². The molecule has 0 bridgehead atoms. The quantitative estimate of drug-likeness (QED) is 0.450. The smallest absolute Gasteiger partial charge is 0.336 e. The molecule has 0 atom stereocenters. The number of unbranched alkanes of at least 4 members (excludes halogenated alkanes) is 1. The maximum atomic E-state index is 12.0. The van der Waals surface area contributed by atoms with Crippen LogP contribution in [0.2, 0.25) is 0 Å². The van der Waals surface area contributed by atoms with E-state index in [1.54, 1.807) is 4.68 Å². The molecular weight excluding hydrogens is 392 g/mol. The van der Waals surface area contributed by atoms with Crippen molar-refractivity contribution in [3.05, 3.63) is 54.1 Å². The largest absolute Gasteiger partial charge is 0.460 e. The molecule has 0 spiro atoms. The van der Waals surface area contributed by atoms with Gasteiger partial charge in [0.25, 0.3) is 0 Å². The molecule has 7 nitrogen and oxygen atoms in total. The van der Waals surface area contributed by atoms with E-state index in [1.165, 1.54) is 0 Å². The van der Waals surface area contributed by atoms with Crippen molar-refractivity contribution in [2.75, 3.05) is 25.1 Å². The minimum atomic E-state index is 0.0286. The van der Waals surface area contributed by atoms with Gasteiger partial charge in [0.1, 0.15) is 6.61 Å². The van der Waals surface area contributed by atoms with Gasteiger partial charge in [-0.15, -0.1) is 5.10 Å². The molecule has 3 rings (SSSR count). The molecule has 0 unspecified atom stereocenters. The minimum Gasteiger partial charge on any atom is -0.460 e. The van der Waals surface area contributed by atoms with Crippen molar-refractivity contribution < 1.29 is 14.3 Å². The molecule has 0 saturated carbocycles. The Hall–Kier alpha value is -3.19. The summed E-state index contributed by atoms with van der Waals surface area (Å²) in [6.07, 6.45) is 2.41. The summed E-state index contributed by atoms with van der Waals surface area (Å²) in [5.74, 6) is 0.727. The molecule has 2 aromatic carbocycles. The molecule has 0 aliphatic heterocycles. The molecular formula is C24H30N4O3. The third-order valence-corrected chi connectivity index (χ3v) is 4.79. The number of hydrogen-bond acceptors (Lipinski definition) is 5. The lowest BCUT2D eigenvalue weighted by Crippen LogP contribution is -2.11. The lowest BCUT2D eigenvalue weighted by atomic mass is 10.1. The fourth-order valence-electron chi connectivity index (χ4n) is 3.12. The van der Waals surface area contributed by atoms with Gasteiger partial charge >= 0.3 is 6.01 Å². The number of hydrogen-bond donors (Lipinski definition) is 1. The van der Waals surface area contributed by atoms with Gasteiger partial charge in [0, 0.05) is 24.3 Å². The zero-order valence-corrected chi connectivity index (χ0v) is 18.4. The molecule has 1 N–H and O–H groups in total. The average molecular weight is 423 g/mol. The zero-order valence-electron chi connectivity index (χ0n) is 18.4. The zero-order chi connectivity index (χ0) is 22.1. The predicted octanol–water partition coefficient (Wildman–Crippen LogP) is 4.79.